The van der Waals surface area contributed by atoms with Gasteiger partial charge in [0.2, 0.25) is 0 Å². The van der Waals surface area contributed by atoms with E-state index in [0.29, 0.717) is 0 Å². The van der Waals surface area contributed by atoms with E-state index in [4.69, 9.17) is 0 Å². The number of nitrogens with zero attached hydrogens (tertiary/aromatic N) is 1. The number of nitrogens with one attached hydrogen (secondary N) is 5. The summed E-state index contributed by atoms with van der Waals surface area (Å²) in [5.74, 6) is 4.17. The number of rotatable bonds is 0. The van der Waals surface area contributed by atoms with E-state index in [-0.39, 0.29) is 14.9 Å². The van der Waals surface area contributed by atoms with Gasteiger partial charge >= 0.3 is 0 Å². The van der Waals surface area contributed by atoms with Gasteiger partial charge in [-0.1, -0.05) is 138 Å². The minimum Gasteiger partial charge on any atom is -0.317 e. The van der Waals surface area contributed by atoms with Gasteiger partial charge in [0.15, 0.2) is 0 Å². The average Bonchev–Trinajstić information content (AvgIpc) is 3.65. The molecule has 0 unspecified atom stereocenters. The fourth-order valence-electron chi connectivity index (χ4n) is 3.81. The minimum absolute atomic E-state index is 0. The second kappa shape index (κ2) is 60.0. The van der Waals surface area contributed by atoms with E-state index < -0.39 is 0 Å². The SMILES string of the molecule is C.C.C1CCNC1.C1CCNCC1.C1CCNCC1.C1CCNCC1.CC(C)C.CC(C)C.CC(C)C.CC(C)C.CC(C)C.CN1CCNCC1. The lowest BCUT2D eigenvalue weighted by Gasteiger charge is -2.21. The Balaban J connectivity index is -0.0000000869. The maximum absolute atomic E-state index is 3.28. The molecule has 6 heteroatoms. The zero-order chi connectivity index (χ0) is 39.3. The van der Waals surface area contributed by atoms with Crippen LogP contribution >= 0.6 is 0 Å². The van der Waals surface area contributed by atoms with Crippen molar-refractivity contribution >= 4 is 0 Å². The zero-order valence-electron chi connectivity index (χ0n) is 38.1. The summed E-state index contributed by atoms with van der Waals surface area (Å²) in [5.41, 5.74) is 0. The topological polar surface area (TPSA) is 63.4 Å². The van der Waals surface area contributed by atoms with Crippen LogP contribution in [0.3, 0.4) is 0 Å². The van der Waals surface area contributed by atoms with Gasteiger partial charge in [-0.3, -0.25) is 0 Å². The Hall–Kier alpha value is -0.240. The summed E-state index contributed by atoms with van der Waals surface area (Å²) in [6, 6.07) is 0. The van der Waals surface area contributed by atoms with Gasteiger partial charge in [-0.05, 0) is 140 Å². The van der Waals surface area contributed by atoms with E-state index in [1.165, 1.54) is 136 Å². The molecule has 5 aliphatic heterocycles. The van der Waals surface area contributed by atoms with Crippen molar-refractivity contribution in [1.29, 1.82) is 0 Å². The van der Waals surface area contributed by atoms with Crippen LogP contribution in [0.1, 0.15) is 189 Å². The van der Waals surface area contributed by atoms with E-state index in [0.717, 1.165) is 42.7 Å². The van der Waals surface area contributed by atoms with Crippen molar-refractivity contribution in [2.75, 3.05) is 85.6 Å². The first-order valence-corrected chi connectivity index (χ1v) is 21.8. The van der Waals surface area contributed by atoms with E-state index >= 15 is 0 Å². The third kappa shape index (κ3) is 125. The smallest absolute Gasteiger partial charge is 0.0104 e. The van der Waals surface area contributed by atoms with Crippen molar-refractivity contribution < 1.29 is 0 Å². The third-order valence-electron chi connectivity index (χ3n) is 5.92. The van der Waals surface area contributed by atoms with Gasteiger partial charge < -0.3 is 31.5 Å². The fraction of sp³-hybridized carbons (Fsp3) is 1.00. The number of likely N-dealkylation sites (N-methyl/N-ethyl adjacent to an activating group) is 1. The lowest BCUT2D eigenvalue weighted by molar-refractivity contribution is 0.291. The molecule has 0 aromatic rings. The predicted octanol–water partition coefficient (Wildman–Crippen LogP) is 11.8. The maximum atomic E-state index is 3.28. The molecule has 0 radical (unpaired) electrons. The molecule has 326 valence electrons. The molecule has 5 saturated heterocycles. The van der Waals surface area contributed by atoms with Crippen LogP contribution in [0.25, 0.3) is 0 Å². The van der Waals surface area contributed by atoms with Crippen molar-refractivity contribution in [3.05, 3.63) is 0 Å². The van der Waals surface area contributed by atoms with Crippen LogP contribution in [-0.4, -0.2) is 90.5 Å². The second-order valence-corrected chi connectivity index (χ2v) is 17.6. The Kier molecular flexibility index (Phi) is 76.8. The van der Waals surface area contributed by atoms with Crippen molar-refractivity contribution in [1.82, 2.24) is 31.5 Å². The summed E-state index contributed by atoms with van der Waals surface area (Å²) >= 11 is 0. The molecular weight excluding hydrogens is 637 g/mol. The van der Waals surface area contributed by atoms with Crippen molar-refractivity contribution in [2.24, 2.45) is 29.6 Å². The standard InChI is InChI=1S/C5H12N2.3C5H11N.C4H9N.5C4H10.2CH4/c1-7-4-2-6-3-5-7;3*1-2-4-6-5-3-1;1-2-4-5-3-1;5*1-4(2)3;;/h6H,2-5H2,1H3;3*6H,1-5H2;5H,1-4H2;5*4H,1-3H3;2*1H4. The molecule has 0 amide bonds. The predicted molar refractivity (Wildman–Crippen MR) is 249 cm³/mol. The molecule has 5 aliphatic rings. The first kappa shape index (κ1) is 66.6. The summed E-state index contributed by atoms with van der Waals surface area (Å²) in [7, 11) is 2.15. The number of piperazine rings is 1. The van der Waals surface area contributed by atoms with Crippen molar-refractivity contribution in [2.45, 2.75) is 189 Å². The number of hydrogen-bond donors (Lipinski definition) is 5. The summed E-state index contributed by atoms with van der Waals surface area (Å²) in [5, 5.41) is 16.3. The molecule has 0 aliphatic carbocycles. The first-order valence-electron chi connectivity index (χ1n) is 21.8. The van der Waals surface area contributed by atoms with Crippen LogP contribution in [0.2, 0.25) is 0 Å². The first-order chi connectivity index (χ1) is 23.6. The Morgan fingerprint density at radius 1 is 0.269 bits per heavy atom. The maximum Gasteiger partial charge on any atom is 0.0104 e. The molecule has 0 saturated carbocycles. The lowest BCUT2D eigenvalue weighted by atomic mass is 10.2. The van der Waals surface area contributed by atoms with Gasteiger partial charge in [0.05, 0.1) is 0 Å². The number of piperidine rings is 3. The fourth-order valence-corrected chi connectivity index (χ4v) is 3.81. The van der Waals surface area contributed by atoms with Gasteiger partial charge in [-0.25, -0.2) is 0 Å². The molecule has 6 nitrogen and oxygen atoms in total. The summed E-state index contributed by atoms with van der Waals surface area (Å²) in [4.78, 5) is 2.33. The van der Waals surface area contributed by atoms with Crippen molar-refractivity contribution in [3.63, 3.8) is 0 Å². The molecule has 5 heterocycles. The third-order valence-corrected chi connectivity index (χ3v) is 5.92. The van der Waals surface area contributed by atoms with Gasteiger partial charge in [0.25, 0.3) is 0 Å². The highest BCUT2D eigenvalue weighted by Gasteiger charge is 2.01. The second-order valence-electron chi connectivity index (χ2n) is 17.6. The highest BCUT2D eigenvalue weighted by Crippen LogP contribution is 1.98. The largest absolute Gasteiger partial charge is 0.317 e. The van der Waals surface area contributed by atoms with Crippen LogP contribution in [0, 0.1) is 29.6 Å². The van der Waals surface area contributed by atoms with Crippen LogP contribution in [0.15, 0.2) is 0 Å². The highest BCUT2D eigenvalue weighted by atomic mass is 15.2. The van der Waals surface area contributed by atoms with Crippen molar-refractivity contribution in [3.8, 4) is 0 Å². The molecular formula is C46H112N6. The molecule has 5 N–H and O–H groups in total. The van der Waals surface area contributed by atoms with Crippen LogP contribution < -0.4 is 26.6 Å². The number of hydrogen-bond acceptors (Lipinski definition) is 6. The molecule has 0 aromatic heterocycles. The molecule has 0 atom stereocenters. The Labute approximate surface area is 335 Å². The van der Waals surface area contributed by atoms with Gasteiger partial charge in [0.1, 0.15) is 0 Å². The van der Waals surface area contributed by atoms with E-state index in [2.05, 4.69) is 142 Å². The minimum atomic E-state index is 0. The molecule has 52 heavy (non-hydrogen) atoms. The Morgan fingerprint density at radius 3 is 0.481 bits per heavy atom. The highest BCUT2D eigenvalue weighted by molar-refractivity contribution is 4.62. The van der Waals surface area contributed by atoms with E-state index in [1.807, 2.05) is 0 Å². The Bertz CT molecular complexity index is 384. The van der Waals surface area contributed by atoms with E-state index in [1.54, 1.807) is 0 Å². The molecule has 5 fully saturated rings. The molecule has 0 spiro atoms. The van der Waals surface area contributed by atoms with Gasteiger partial charge in [-0.2, -0.15) is 0 Å². The summed E-state index contributed by atoms with van der Waals surface area (Å²) < 4.78 is 0. The molecule has 5 rings (SSSR count). The molecule has 0 bridgehead atoms. The normalized spacial score (nSPS) is 17.5. The van der Waals surface area contributed by atoms with E-state index in [9.17, 15) is 0 Å². The van der Waals surface area contributed by atoms with Crippen LogP contribution in [0.4, 0.5) is 0 Å². The van der Waals surface area contributed by atoms with Gasteiger partial charge in [-0.15, -0.1) is 0 Å². The zero-order valence-corrected chi connectivity index (χ0v) is 38.1. The Morgan fingerprint density at radius 2 is 0.404 bits per heavy atom. The van der Waals surface area contributed by atoms with Crippen LogP contribution in [-0.2, 0) is 0 Å². The summed E-state index contributed by atoms with van der Waals surface area (Å²) in [6.45, 7) is 47.2. The lowest BCUT2D eigenvalue weighted by Crippen LogP contribution is -2.40. The van der Waals surface area contributed by atoms with Crippen LogP contribution in [0.5, 0.6) is 0 Å². The molecule has 0 aromatic carbocycles. The summed E-state index contributed by atoms with van der Waals surface area (Å²) in [6.07, 6.45) is 15.4. The monoisotopic (exact) mass is 749 g/mol. The quantitative estimate of drug-likeness (QED) is 0.170. The average molecular weight is 749 g/mol. The van der Waals surface area contributed by atoms with Gasteiger partial charge in [0, 0.05) is 26.2 Å².